The summed E-state index contributed by atoms with van der Waals surface area (Å²) in [6.45, 7) is 7.33. The summed E-state index contributed by atoms with van der Waals surface area (Å²) in [5.41, 5.74) is 2.10. The number of benzene rings is 1. The molecule has 0 saturated carbocycles. The van der Waals surface area contributed by atoms with Gasteiger partial charge in [-0.3, -0.25) is 0 Å². The van der Waals surface area contributed by atoms with Gasteiger partial charge >= 0.3 is 0 Å². The molecule has 0 amide bonds. The van der Waals surface area contributed by atoms with Gasteiger partial charge in [-0.2, -0.15) is 0 Å². The number of imidazole rings is 1. The lowest BCUT2D eigenvalue weighted by molar-refractivity contribution is 0.158. The monoisotopic (exact) mass is 246 g/mol. The number of fused-ring (bicyclic) bond motifs is 1. The summed E-state index contributed by atoms with van der Waals surface area (Å²) in [5, 5.41) is 10.1. The summed E-state index contributed by atoms with van der Waals surface area (Å²) in [4.78, 5) is 4.58. The van der Waals surface area contributed by atoms with Gasteiger partial charge in [0.25, 0.3) is 0 Å². The highest BCUT2D eigenvalue weighted by molar-refractivity contribution is 5.76. The molecule has 2 rings (SSSR count). The molecular weight excluding hydrogens is 224 g/mol. The Balaban J connectivity index is 2.50. The van der Waals surface area contributed by atoms with Crippen molar-refractivity contribution in [3.63, 3.8) is 0 Å². The molecule has 1 heterocycles. The van der Waals surface area contributed by atoms with E-state index >= 15 is 0 Å². The van der Waals surface area contributed by atoms with Crippen molar-refractivity contribution in [3.8, 4) is 0 Å². The van der Waals surface area contributed by atoms with Gasteiger partial charge in [-0.25, -0.2) is 4.98 Å². The molecule has 0 unspecified atom stereocenters. The molecule has 1 N–H and O–H groups in total. The van der Waals surface area contributed by atoms with E-state index in [0.717, 1.165) is 29.8 Å². The van der Waals surface area contributed by atoms with Gasteiger partial charge in [0.15, 0.2) is 0 Å². The number of hydrogen-bond acceptors (Lipinski definition) is 2. The van der Waals surface area contributed by atoms with Gasteiger partial charge in [-0.15, -0.1) is 0 Å². The highest BCUT2D eigenvalue weighted by Crippen LogP contribution is 2.24. The van der Waals surface area contributed by atoms with E-state index in [1.54, 1.807) is 0 Å². The number of para-hydroxylation sites is 2. The van der Waals surface area contributed by atoms with Crippen molar-refractivity contribution in [2.24, 2.45) is 5.92 Å². The first-order valence-electron chi connectivity index (χ1n) is 6.80. The third-order valence-electron chi connectivity index (χ3n) is 3.56. The Labute approximate surface area is 108 Å². The Morgan fingerprint density at radius 1 is 1.22 bits per heavy atom. The first kappa shape index (κ1) is 13.1. The number of aliphatic hydroxyl groups is 1. The fourth-order valence-electron chi connectivity index (χ4n) is 2.16. The molecule has 0 aliphatic rings. The van der Waals surface area contributed by atoms with E-state index in [0.29, 0.717) is 12.3 Å². The third kappa shape index (κ3) is 2.41. The fraction of sp³-hybridized carbons (Fsp3) is 0.533. The first-order chi connectivity index (χ1) is 8.67. The molecule has 0 saturated heterocycles. The normalized spacial score (nSPS) is 14.9. The van der Waals surface area contributed by atoms with Crippen LogP contribution in [-0.4, -0.2) is 14.7 Å². The summed E-state index contributed by atoms with van der Waals surface area (Å²) in [7, 11) is 0. The molecule has 3 heteroatoms. The Hall–Kier alpha value is -1.35. The molecule has 1 aromatic carbocycles. The van der Waals surface area contributed by atoms with Gasteiger partial charge in [0.05, 0.1) is 11.0 Å². The SMILES string of the molecule is CC[C@H](C)Cn1c([C@H](O)CC)nc2ccccc21. The van der Waals surface area contributed by atoms with Crippen molar-refractivity contribution >= 4 is 11.0 Å². The predicted octanol–water partition coefficient (Wildman–Crippen LogP) is 3.53. The van der Waals surface area contributed by atoms with Crippen LogP contribution in [0.3, 0.4) is 0 Å². The summed E-state index contributed by atoms with van der Waals surface area (Å²) in [5.74, 6) is 1.39. The van der Waals surface area contributed by atoms with Crippen LogP contribution in [0.1, 0.15) is 45.5 Å². The van der Waals surface area contributed by atoms with E-state index in [-0.39, 0.29) is 0 Å². The minimum absolute atomic E-state index is 0.471. The number of hydrogen-bond donors (Lipinski definition) is 1. The fourth-order valence-corrected chi connectivity index (χ4v) is 2.16. The van der Waals surface area contributed by atoms with Crippen LogP contribution in [0.4, 0.5) is 0 Å². The van der Waals surface area contributed by atoms with Crippen molar-refractivity contribution in [1.82, 2.24) is 9.55 Å². The maximum atomic E-state index is 10.1. The molecule has 98 valence electrons. The van der Waals surface area contributed by atoms with E-state index in [2.05, 4.69) is 29.5 Å². The van der Waals surface area contributed by atoms with Gasteiger partial charge in [0.1, 0.15) is 11.9 Å². The molecule has 2 atom stereocenters. The second-order valence-electron chi connectivity index (χ2n) is 5.01. The van der Waals surface area contributed by atoms with Gasteiger partial charge in [0.2, 0.25) is 0 Å². The second kappa shape index (κ2) is 5.53. The largest absolute Gasteiger partial charge is 0.385 e. The van der Waals surface area contributed by atoms with Crippen molar-refractivity contribution in [2.75, 3.05) is 0 Å². The van der Waals surface area contributed by atoms with Gasteiger partial charge in [0, 0.05) is 6.54 Å². The zero-order chi connectivity index (χ0) is 13.1. The Morgan fingerprint density at radius 2 is 1.94 bits per heavy atom. The average molecular weight is 246 g/mol. The van der Waals surface area contributed by atoms with Crippen molar-refractivity contribution in [3.05, 3.63) is 30.1 Å². The van der Waals surface area contributed by atoms with Gasteiger partial charge in [-0.05, 0) is 24.5 Å². The molecule has 0 radical (unpaired) electrons. The number of aliphatic hydroxyl groups excluding tert-OH is 1. The zero-order valence-electron chi connectivity index (χ0n) is 11.4. The molecule has 0 bridgehead atoms. The standard InChI is InChI=1S/C15H22N2O/c1-4-11(3)10-17-13-9-7-6-8-12(13)16-15(17)14(18)5-2/h6-9,11,14,18H,4-5,10H2,1-3H3/t11-,14+/m0/s1. The highest BCUT2D eigenvalue weighted by Gasteiger charge is 2.17. The summed E-state index contributed by atoms with van der Waals surface area (Å²) in [6, 6.07) is 8.11. The highest BCUT2D eigenvalue weighted by atomic mass is 16.3. The van der Waals surface area contributed by atoms with Crippen LogP contribution in [0, 0.1) is 5.92 Å². The van der Waals surface area contributed by atoms with Crippen molar-refractivity contribution < 1.29 is 5.11 Å². The molecular formula is C15H22N2O. The predicted molar refractivity (Wildman–Crippen MR) is 74.4 cm³/mol. The minimum Gasteiger partial charge on any atom is -0.385 e. The lowest BCUT2D eigenvalue weighted by atomic mass is 10.1. The maximum absolute atomic E-state index is 10.1. The molecule has 2 aromatic rings. The zero-order valence-corrected chi connectivity index (χ0v) is 11.4. The lowest BCUT2D eigenvalue weighted by Crippen LogP contribution is -2.13. The molecule has 0 aliphatic carbocycles. The summed E-state index contributed by atoms with van der Waals surface area (Å²) >= 11 is 0. The van der Waals surface area contributed by atoms with Crippen LogP contribution >= 0.6 is 0 Å². The summed E-state index contributed by atoms with van der Waals surface area (Å²) in [6.07, 6.45) is 1.36. The van der Waals surface area contributed by atoms with Crippen molar-refractivity contribution in [2.45, 2.75) is 46.3 Å². The Morgan fingerprint density at radius 3 is 2.61 bits per heavy atom. The average Bonchev–Trinajstić information content (AvgIpc) is 2.77. The quantitative estimate of drug-likeness (QED) is 0.876. The summed E-state index contributed by atoms with van der Waals surface area (Å²) < 4.78 is 2.18. The second-order valence-corrected chi connectivity index (χ2v) is 5.01. The first-order valence-corrected chi connectivity index (χ1v) is 6.80. The lowest BCUT2D eigenvalue weighted by Gasteiger charge is -2.16. The van der Waals surface area contributed by atoms with E-state index in [1.807, 2.05) is 25.1 Å². The number of nitrogens with zero attached hydrogens (tertiary/aromatic N) is 2. The number of rotatable bonds is 5. The Kier molecular flexibility index (Phi) is 4.02. The van der Waals surface area contributed by atoms with Gasteiger partial charge < -0.3 is 9.67 Å². The molecule has 0 aliphatic heterocycles. The van der Waals surface area contributed by atoms with Crippen LogP contribution in [0.2, 0.25) is 0 Å². The van der Waals surface area contributed by atoms with E-state index in [4.69, 9.17) is 0 Å². The molecule has 1 aromatic heterocycles. The maximum Gasteiger partial charge on any atom is 0.138 e. The van der Waals surface area contributed by atoms with Gasteiger partial charge in [-0.1, -0.05) is 39.3 Å². The van der Waals surface area contributed by atoms with Crippen molar-refractivity contribution in [1.29, 1.82) is 0 Å². The Bertz CT molecular complexity index is 518. The van der Waals surface area contributed by atoms with Crippen LogP contribution < -0.4 is 0 Å². The van der Waals surface area contributed by atoms with E-state index < -0.39 is 6.10 Å². The third-order valence-corrected chi connectivity index (χ3v) is 3.56. The van der Waals surface area contributed by atoms with E-state index in [9.17, 15) is 5.11 Å². The van der Waals surface area contributed by atoms with Crippen LogP contribution in [0.15, 0.2) is 24.3 Å². The van der Waals surface area contributed by atoms with E-state index in [1.165, 1.54) is 0 Å². The minimum atomic E-state index is -0.471. The molecule has 0 fully saturated rings. The molecule has 3 nitrogen and oxygen atoms in total. The molecule has 0 spiro atoms. The molecule has 18 heavy (non-hydrogen) atoms. The van der Waals surface area contributed by atoms with Crippen LogP contribution in [-0.2, 0) is 6.54 Å². The van der Waals surface area contributed by atoms with Crippen LogP contribution in [0.25, 0.3) is 11.0 Å². The smallest absolute Gasteiger partial charge is 0.138 e. The number of aromatic nitrogens is 2. The topological polar surface area (TPSA) is 38.0 Å². The van der Waals surface area contributed by atoms with Crippen LogP contribution in [0.5, 0.6) is 0 Å².